The molecule has 5 heteroatoms. The molecule has 5 nitrogen and oxygen atoms in total. The number of carboxylic acids is 1. The second-order valence-corrected chi connectivity index (χ2v) is 3.89. The van der Waals surface area contributed by atoms with Crippen LogP contribution in [0.4, 0.5) is 0 Å². The lowest BCUT2D eigenvalue weighted by Crippen LogP contribution is -2.29. The fraction of sp³-hybridized carbons (Fsp3) is 0.385. The molecular formula is C13H17NO4. The number of nitrogens with one attached hydrogen (secondary N) is 1. The molecule has 2 N–H and O–H groups in total. The maximum absolute atomic E-state index is 11.2. The molecule has 98 valence electrons. The molecule has 1 aromatic carbocycles. The van der Waals surface area contributed by atoms with Gasteiger partial charge in [-0.25, -0.2) is 0 Å². The van der Waals surface area contributed by atoms with Crippen molar-refractivity contribution in [3.63, 3.8) is 0 Å². The predicted octanol–water partition coefficient (Wildman–Crippen LogP) is 1.35. The molecule has 18 heavy (non-hydrogen) atoms. The molecule has 0 unspecified atom stereocenters. The smallest absolute Gasteiger partial charge is 0.322 e. The minimum Gasteiger partial charge on any atom is -0.493 e. The number of carbonyl (C=O) groups excluding carboxylic acids is 1. The Morgan fingerprint density at radius 1 is 1.33 bits per heavy atom. The third-order valence-electron chi connectivity index (χ3n) is 2.34. The molecule has 1 rings (SSSR count). The molecule has 0 aliphatic carbocycles. The molecule has 0 spiro atoms. The highest BCUT2D eigenvalue weighted by atomic mass is 16.5. The first-order chi connectivity index (χ1) is 8.59. The predicted molar refractivity (Wildman–Crippen MR) is 66.6 cm³/mol. The Bertz CT molecular complexity index is 417. The van der Waals surface area contributed by atoms with Crippen LogP contribution in [0.3, 0.4) is 0 Å². The van der Waals surface area contributed by atoms with E-state index in [1.807, 2.05) is 31.2 Å². The summed E-state index contributed by atoms with van der Waals surface area (Å²) < 4.78 is 5.52. The lowest BCUT2D eigenvalue weighted by molar-refractivity contribution is -0.137. The van der Waals surface area contributed by atoms with Gasteiger partial charge in [0.05, 0.1) is 6.61 Å². The van der Waals surface area contributed by atoms with E-state index in [0.29, 0.717) is 13.0 Å². The number of carbonyl (C=O) groups is 2. The van der Waals surface area contributed by atoms with Crippen LogP contribution in [-0.4, -0.2) is 30.1 Å². The maximum atomic E-state index is 11.2. The Morgan fingerprint density at radius 3 is 2.72 bits per heavy atom. The van der Waals surface area contributed by atoms with E-state index < -0.39 is 5.97 Å². The van der Waals surface area contributed by atoms with E-state index in [4.69, 9.17) is 9.84 Å². The molecule has 0 aliphatic heterocycles. The van der Waals surface area contributed by atoms with Crippen molar-refractivity contribution in [3.05, 3.63) is 29.8 Å². The largest absolute Gasteiger partial charge is 0.493 e. The normalized spacial score (nSPS) is 9.83. The number of hydrogen-bond acceptors (Lipinski definition) is 3. The summed E-state index contributed by atoms with van der Waals surface area (Å²) in [6.07, 6.45) is 0.818. The van der Waals surface area contributed by atoms with Crippen molar-refractivity contribution in [2.24, 2.45) is 0 Å². The molecule has 0 heterocycles. The van der Waals surface area contributed by atoms with Gasteiger partial charge in [0, 0.05) is 6.42 Å². The van der Waals surface area contributed by atoms with Crippen molar-refractivity contribution < 1.29 is 19.4 Å². The molecular weight excluding hydrogens is 234 g/mol. The van der Waals surface area contributed by atoms with E-state index in [9.17, 15) is 9.59 Å². The Balaban J connectivity index is 2.17. The number of para-hydroxylation sites is 1. The molecule has 1 aromatic rings. The van der Waals surface area contributed by atoms with Crippen LogP contribution in [0.5, 0.6) is 5.75 Å². The van der Waals surface area contributed by atoms with Gasteiger partial charge in [0.15, 0.2) is 0 Å². The third kappa shape index (κ3) is 5.34. The van der Waals surface area contributed by atoms with Gasteiger partial charge in [-0.05, 0) is 25.0 Å². The number of rotatable bonds is 7. The van der Waals surface area contributed by atoms with Crippen molar-refractivity contribution in [2.45, 2.75) is 19.8 Å². The van der Waals surface area contributed by atoms with E-state index in [-0.39, 0.29) is 18.9 Å². The number of aryl methyl sites for hydroxylation is 1. The fourth-order valence-corrected chi connectivity index (χ4v) is 1.40. The summed E-state index contributed by atoms with van der Waals surface area (Å²) in [5, 5.41) is 10.7. The average Bonchev–Trinajstić information content (AvgIpc) is 2.34. The topological polar surface area (TPSA) is 75.6 Å². The molecule has 1 amide bonds. The van der Waals surface area contributed by atoms with Gasteiger partial charge >= 0.3 is 5.97 Å². The van der Waals surface area contributed by atoms with E-state index in [1.54, 1.807) is 0 Å². The van der Waals surface area contributed by atoms with Crippen LogP contribution in [0.25, 0.3) is 0 Å². The highest BCUT2D eigenvalue weighted by Gasteiger charge is 2.04. The number of hydrogen-bond donors (Lipinski definition) is 2. The van der Waals surface area contributed by atoms with Crippen molar-refractivity contribution in [2.75, 3.05) is 13.2 Å². The molecule has 0 saturated heterocycles. The van der Waals surface area contributed by atoms with E-state index in [0.717, 1.165) is 11.3 Å². The first-order valence-corrected chi connectivity index (χ1v) is 5.76. The Morgan fingerprint density at radius 2 is 2.06 bits per heavy atom. The first kappa shape index (κ1) is 14.0. The highest BCUT2D eigenvalue weighted by Crippen LogP contribution is 2.16. The van der Waals surface area contributed by atoms with E-state index >= 15 is 0 Å². The number of ether oxygens (including phenoxy) is 1. The molecule has 0 fully saturated rings. The molecule has 0 atom stereocenters. The van der Waals surface area contributed by atoms with Gasteiger partial charge in [0.25, 0.3) is 0 Å². The minimum atomic E-state index is -1.04. The lowest BCUT2D eigenvalue weighted by Gasteiger charge is -2.08. The van der Waals surface area contributed by atoms with Crippen molar-refractivity contribution in [1.29, 1.82) is 0 Å². The molecule has 0 bridgehead atoms. The SMILES string of the molecule is Cc1ccccc1OCCCC(=O)NCC(=O)O. The van der Waals surface area contributed by atoms with Crippen LogP contribution in [0.15, 0.2) is 24.3 Å². The number of aliphatic carboxylic acids is 1. The third-order valence-corrected chi connectivity index (χ3v) is 2.34. The van der Waals surface area contributed by atoms with Crippen LogP contribution in [-0.2, 0) is 9.59 Å². The first-order valence-electron chi connectivity index (χ1n) is 5.76. The second kappa shape index (κ2) is 7.32. The van der Waals surface area contributed by atoms with Crippen molar-refractivity contribution >= 4 is 11.9 Å². The molecule has 0 saturated carbocycles. The quantitative estimate of drug-likeness (QED) is 0.717. The number of amides is 1. The zero-order valence-corrected chi connectivity index (χ0v) is 10.3. The van der Waals surface area contributed by atoms with Gasteiger partial charge in [-0.2, -0.15) is 0 Å². The second-order valence-electron chi connectivity index (χ2n) is 3.89. The fourth-order valence-electron chi connectivity index (χ4n) is 1.40. The summed E-state index contributed by atoms with van der Waals surface area (Å²) in [7, 11) is 0. The summed E-state index contributed by atoms with van der Waals surface area (Å²) in [6.45, 7) is 2.05. The zero-order chi connectivity index (χ0) is 13.4. The van der Waals surface area contributed by atoms with E-state index in [1.165, 1.54) is 0 Å². The van der Waals surface area contributed by atoms with Gasteiger partial charge in [-0.3, -0.25) is 9.59 Å². The number of benzene rings is 1. The summed E-state index contributed by atoms with van der Waals surface area (Å²) >= 11 is 0. The van der Waals surface area contributed by atoms with Crippen LogP contribution in [0, 0.1) is 6.92 Å². The van der Waals surface area contributed by atoms with Crippen LogP contribution in [0.1, 0.15) is 18.4 Å². The number of carboxylic acid groups (broad SMARTS) is 1. The zero-order valence-electron chi connectivity index (χ0n) is 10.3. The summed E-state index contributed by atoms with van der Waals surface area (Å²) in [6, 6.07) is 7.65. The standard InChI is InChI=1S/C13H17NO4/c1-10-5-2-3-6-11(10)18-8-4-7-12(15)14-9-13(16)17/h2-3,5-6H,4,7-9H2,1H3,(H,14,15)(H,16,17). The van der Waals surface area contributed by atoms with Gasteiger partial charge in [-0.15, -0.1) is 0 Å². The Labute approximate surface area is 106 Å². The summed E-state index contributed by atoms with van der Waals surface area (Å²) in [5.41, 5.74) is 1.05. The van der Waals surface area contributed by atoms with E-state index in [2.05, 4.69) is 5.32 Å². The molecule has 0 aliphatic rings. The van der Waals surface area contributed by atoms with Gasteiger partial charge < -0.3 is 15.2 Å². The molecule has 0 radical (unpaired) electrons. The van der Waals surface area contributed by atoms with Crippen LogP contribution >= 0.6 is 0 Å². The van der Waals surface area contributed by atoms with Gasteiger partial charge in [0.1, 0.15) is 12.3 Å². The van der Waals surface area contributed by atoms with Crippen molar-refractivity contribution in [1.82, 2.24) is 5.32 Å². The maximum Gasteiger partial charge on any atom is 0.322 e. The summed E-state index contributed by atoms with van der Waals surface area (Å²) in [5.74, 6) is -0.506. The monoisotopic (exact) mass is 251 g/mol. The Hall–Kier alpha value is -2.04. The van der Waals surface area contributed by atoms with Crippen LogP contribution < -0.4 is 10.1 Å². The van der Waals surface area contributed by atoms with Crippen LogP contribution in [0.2, 0.25) is 0 Å². The lowest BCUT2D eigenvalue weighted by atomic mass is 10.2. The van der Waals surface area contributed by atoms with Gasteiger partial charge in [-0.1, -0.05) is 18.2 Å². The minimum absolute atomic E-state index is 0.263. The highest BCUT2D eigenvalue weighted by molar-refractivity contribution is 5.80. The summed E-state index contributed by atoms with van der Waals surface area (Å²) in [4.78, 5) is 21.4. The van der Waals surface area contributed by atoms with Gasteiger partial charge in [0.2, 0.25) is 5.91 Å². The van der Waals surface area contributed by atoms with Crippen molar-refractivity contribution in [3.8, 4) is 5.75 Å². The Kier molecular flexibility index (Phi) is 5.70. The average molecular weight is 251 g/mol. The molecule has 0 aromatic heterocycles.